The molecule has 8 heteroatoms. The molecule has 2 aliphatic rings. The number of rotatable bonds is 5. The number of piperidine rings is 1. The Morgan fingerprint density at radius 2 is 2.13 bits per heavy atom. The highest BCUT2D eigenvalue weighted by Gasteiger charge is 2.55. The van der Waals surface area contributed by atoms with Crippen LogP contribution in [0, 0.1) is 22.7 Å². The van der Waals surface area contributed by atoms with Crippen molar-refractivity contribution in [2.24, 2.45) is 11.3 Å². The van der Waals surface area contributed by atoms with Gasteiger partial charge in [-0.2, -0.15) is 5.26 Å². The minimum atomic E-state index is -0.796. The number of H-pyrrole nitrogens is 1. The van der Waals surface area contributed by atoms with E-state index >= 15 is 0 Å². The average Bonchev–Trinajstić information content (AvgIpc) is 3.38. The normalized spacial score (nSPS) is 20.4. The van der Waals surface area contributed by atoms with Crippen LogP contribution in [0.1, 0.15) is 36.5 Å². The van der Waals surface area contributed by atoms with Crippen molar-refractivity contribution in [2.45, 2.75) is 25.4 Å². The summed E-state index contributed by atoms with van der Waals surface area (Å²) in [6.07, 6.45) is 5.47. The lowest BCUT2D eigenvalue weighted by Gasteiger charge is -2.39. The number of anilines is 1. The standard InChI is InChI=1S/C23H24N6O2/c24-11-15-1-3-16(4-2-15)19(30)12-26-22(31)18-6-10-29(13-23(18)7-8-23)21-17-5-9-25-20(17)27-14-28-21/h1-5,9,14,18-19,30H,6-8,10,12-13H2,(H,26,31)(H,25,27,28)/t18-,19+/m1/s1. The fourth-order valence-electron chi connectivity index (χ4n) is 4.75. The van der Waals surface area contributed by atoms with Crippen molar-refractivity contribution < 1.29 is 9.90 Å². The number of amides is 1. The molecule has 1 saturated carbocycles. The molecular weight excluding hydrogens is 392 g/mol. The molecular formula is C23H24N6O2. The van der Waals surface area contributed by atoms with Crippen LogP contribution >= 0.6 is 0 Å². The van der Waals surface area contributed by atoms with Gasteiger partial charge in [0.15, 0.2) is 0 Å². The molecule has 1 aromatic carbocycles. The van der Waals surface area contributed by atoms with Crippen LogP contribution in [0.25, 0.3) is 11.0 Å². The number of nitrogens with zero attached hydrogens (tertiary/aromatic N) is 4. The van der Waals surface area contributed by atoms with E-state index in [-0.39, 0.29) is 23.8 Å². The summed E-state index contributed by atoms with van der Waals surface area (Å²) in [6, 6.07) is 10.8. The third-order valence-corrected chi connectivity index (χ3v) is 6.67. The Labute approximate surface area is 179 Å². The van der Waals surface area contributed by atoms with E-state index in [2.05, 4.69) is 31.2 Å². The number of hydrogen-bond acceptors (Lipinski definition) is 6. The second-order valence-corrected chi connectivity index (χ2v) is 8.56. The topological polar surface area (TPSA) is 118 Å². The van der Waals surface area contributed by atoms with Crippen LogP contribution in [0.15, 0.2) is 42.9 Å². The number of hydrogen-bond donors (Lipinski definition) is 3. The second-order valence-electron chi connectivity index (χ2n) is 8.56. The molecule has 0 bridgehead atoms. The molecule has 1 aliphatic carbocycles. The van der Waals surface area contributed by atoms with Crippen LogP contribution in [-0.2, 0) is 4.79 Å². The lowest BCUT2D eigenvalue weighted by Crippen LogP contribution is -2.48. The van der Waals surface area contributed by atoms with Crippen LogP contribution in [-0.4, -0.2) is 45.6 Å². The van der Waals surface area contributed by atoms with Crippen molar-refractivity contribution >= 4 is 22.8 Å². The summed E-state index contributed by atoms with van der Waals surface area (Å²) >= 11 is 0. The third kappa shape index (κ3) is 3.62. The molecule has 1 amide bonds. The Balaban J connectivity index is 1.23. The molecule has 2 aromatic heterocycles. The van der Waals surface area contributed by atoms with E-state index in [0.29, 0.717) is 11.1 Å². The molecule has 5 rings (SSSR count). The highest BCUT2D eigenvalue weighted by molar-refractivity contribution is 5.87. The number of nitrogens with one attached hydrogen (secondary N) is 2. The molecule has 3 aromatic rings. The predicted molar refractivity (Wildman–Crippen MR) is 115 cm³/mol. The number of benzene rings is 1. The van der Waals surface area contributed by atoms with Gasteiger partial charge >= 0.3 is 0 Å². The first-order valence-corrected chi connectivity index (χ1v) is 10.6. The van der Waals surface area contributed by atoms with Gasteiger partial charge in [-0.15, -0.1) is 0 Å². The van der Waals surface area contributed by atoms with Crippen molar-refractivity contribution in [3.05, 3.63) is 54.0 Å². The van der Waals surface area contributed by atoms with Crippen molar-refractivity contribution in [3.8, 4) is 6.07 Å². The fourth-order valence-corrected chi connectivity index (χ4v) is 4.75. The van der Waals surface area contributed by atoms with Crippen molar-refractivity contribution in [1.82, 2.24) is 20.3 Å². The zero-order valence-electron chi connectivity index (χ0n) is 17.1. The Kier molecular flexibility index (Phi) is 4.83. The van der Waals surface area contributed by atoms with E-state index in [1.165, 1.54) is 0 Å². The van der Waals surface area contributed by atoms with Gasteiger partial charge in [-0.3, -0.25) is 4.79 Å². The molecule has 2 atom stereocenters. The second kappa shape index (κ2) is 7.67. The summed E-state index contributed by atoms with van der Waals surface area (Å²) in [7, 11) is 0. The van der Waals surface area contributed by atoms with Crippen LogP contribution in [0.3, 0.4) is 0 Å². The number of aromatic nitrogens is 3. The molecule has 3 heterocycles. The van der Waals surface area contributed by atoms with E-state index in [4.69, 9.17) is 5.26 Å². The minimum absolute atomic E-state index is 0.0133. The molecule has 158 valence electrons. The number of aliphatic hydroxyl groups is 1. The van der Waals surface area contributed by atoms with Crippen LogP contribution in [0.2, 0.25) is 0 Å². The first-order valence-electron chi connectivity index (χ1n) is 10.6. The van der Waals surface area contributed by atoms with Crippen molar-refractivity contribution in [3.63, 3.8) is 0 Å². The summed E-state index contributed by atoms with van der Waals surface area (Å²) in [5, 5.41) is 23.3. The summed E-state index contributed by atoms with van der Waals surface area (Å²) < 4.78 is 0. The Hall–Kier alpha value is -3.44. The first kappa shape index (κ1) is 19.5. The van der Waals surface area contributed by atoms with Gasteiger partial charge in [-0.1, -0.05) is 12.1 Å². The number of carbonyl (C=O) groups is 1. The van der Waals surface area contributed by atoms with E-state index < -0.39 is 6.10 Å². The van der Waals surface area contributed by atoms with E-state index in [1.54, 1.807) is 30.6 Å². The molecule has 8 nitrogen and oxygen atoms in total. The summed E-state index contributed by atoms with van der Waals surface area (Å²) in [5.74, 6) is 0.882. The van der Waals surface area contributed by atoms with Crippen LogP contribution in [0.4, 0.5) is 5.82 Å². The van der Waals surface area contributed by atoms with E-state index in [0.717, 1.165) is 49.2 Å². The molecule has 1 spiro atoms. The number of aliphatic hydroxyl groups excluding tert-OH is 1. The van der Waals surface area contributed by atoms with Gasteiger partial charge in [0.1, 0.15) is 17.8 Å². The van der Waals surface area contributed by atoms with Gasteiger partial charge in [0, 0.05) is 31.7 Å². The number of nitriles is 1. The highest BCUT2D eigenvalue weighted by atomic mass is 16.3. The molecule has 31 heavy (non-hydrogen) atoms. The maximum Gasteiger partial charge on any atom is 0.223 e. The highest BCUT2D eigenvalue weighted by Crippen LogP contribution is 2.56. The number of aromatic amines is 1. The van der Waals surface area contributed by atoms with Gasteiger partial charge < -0.3 is 20.3 Å². The first-order chi connectivity index (χ1) is 15.1. The molecule has 1 saturated heterocycles. The summed E-state index contributed by atoms with van der Waals surface area (Å²) in [6.45, 7) is 1.73. The quantitative estimate of drug-likeness (QED) is 0.587. The van der Waals surface area contributed by atoms with Gasteiger partial charge in [0.25, 0.3) is 0 Å². The summed E-state index contributed by atoms with van der Waals surface area (Å²) in [4.78, 5) is 27.2. The van der Waals surface area contributed by atoms with E-state index in [9.17, 15) is 9.90 Å². The zero-order valence-corrected chi connectivity index (χ0v) is 17.1. The number of fused-ring (bicyclic) bond motifs is 1. The van der Waals surface area contributed by atoms with Gasteiger partial charge in [0.05, 0.1) is 23.1 Å². The average molecular weight is 416 g/mol. The van der Waals surface area contributed by atoms with Crippen molar-refractivity contribution in [1.29, 1.82) is 5.26 Å². The molecule has 1 aliphatic heterocycles. The van der Waals surface area contributed by atoms with Crippen molar-refractivity contribution in [2.75, 3.05) is 24.5 Å². The maximum atomic E-state index is 13.0. The number of carbonyl (C=O) groups excluding carboxylic acids is 1. The fraction of sp³-hybridized carbons (Fsp3) is 0.391. The lowest BCUT2D eigenvalue weighted by molar-refractivity contribution is -0.128. The Morgan fingerprint density at radius 3 is 2.87 bits per heavy atom. The largest absolute Gasteiger partial charge is 0.387 e. The third-order valence-electron chi connectivity index (χ3n) is 6.67. The van der Waals surface area contributed by atoms with Crippen LogP contribution < -0.4 is 10.2 Å². The van der Waals surface area contributed by atoms with Crippen LogP contribution in [0.5, 0.6) is 0 Å². The Bertz CT molecular complexity index is 1140. The van der Waals surface area contributed by atoms with Gasteiger partial charge in [0.2, 0.25) is 5.91 Å². The van der Waals surface area contributed by atoms with E-state index in [1.807, 2.05) is 12.3 Å². The van der Waals surface area contributed by atoms with Gasteiger partial charge in [-0.25, -0.2) is 9.97 Å². The summed E-state index contributed by atoms with van der Waals surface area (Å²) in [5.41, 5.74) is 2.04. The predicted octanol–water partition coefficient (Wildman–Crippen LogP) is 2.29. The Morgan fingerprint density at radius 1 is 1.32 bits per heavy atom. The smallest absolute Gasteiger partial charge is 0.223 e. The maximum absolute atomic E-state index is 13.0. The monoisotopic (exact) mass is 416 g/mol. The molecule has 0 radical (unpaired) electrons. The molecule has 3 N–H and O–H groups in total. The minimum Gasteiger partial charge on any atom is -0.387 e. The zero-order chi connectivity index (χ0) is 21.4. The van der Waals surface area contributed by atoms with Gasteiger partial charge in [-0.05, 0) is 48.4 Å². The SMILES string of the molecule is N#Cc1ccc([C@@H](O)CNC(=O)[C@H]2CCN(c3ncnc4[nH]ccc34)CC23CC3)cc1. The molecule has 2 fully saturated rings. The lowest BCUT2D eigenvalue weighted by atomic mass is 9.81. The molecule has 0 unspecified atom stereocenters.